The van der Waals surface area contributed by atoms with Gasteiger partial charge in [-0.25, -0.2) is 8.42 Å². The lowest BCUT2D eigenvalue weighted by molar-refractivity contribution is 0.125. The normalized spacial score (nSPS) is 12.8. The van der Waals surface area contributed by atoms with E-state index in [1.807, 2.05) is 6.07 Å². The van der Waals surface area contributed by atoms with Crippen molar-refractivity contribution in [3.8, 4) is 5.75 Å². The zero-order valence-electron chi connectivity index (χ0n) is 11.9. The van der Waals surface area contributed by atoms with Crippen LogP contribution in [-0.2, 0) is 15.6 Å². The lowest BCUT2D eigenvalue weighted by atomic mass is 10.2. The van der Waals surface area contributed by atoms with E-state index in [1.54, 1.807) is 48.5 Å². The van der Waals surface area contributed by atoms with Gasteiger partial charge in [-0.3, -0.25) is 0 Å². The van der Waals surface area contributed by atoms with Gasteiger partial charge in [-0.15, -0.1) is 0 Å². The zero-order chi connectivity index (χ0) is 16.0. The summed E-state index contributed by atoms with van der Waals surface area (Å²) < 4.78 is 29.5. The van der Waals surface area contributed by atoms with Crippen LogP contribution in [0.1, 0.15) is 5.56 Å². The second-order valence-electron chi connectivity index (χ2n) is 4.96. The first kappa shape index (κ1) is 16.8. The molecule has 6 heteroatoms. The van der Waals surface area contributed by atoms with Crippen molar-refractivity contribution < 1.29 is 18.3 Å². The summed E-state index contributed by atoms with van der Waals surface area (Å²) in [6.07, 6.45) is -1.08. The standard InChI is InChI=1S/C16H17ClO4S/c17-14-6-4-5-13(9-14)11-22(19,20)12-15(18)10-21-16-7-2-1-3-8-16/h1-9,15,18H,10-12H2. The number of hydrogen-bond acceptors (Lipinski definition) is 4. The van der Waals surface area contributed by atoms with Crippen molar-refractivity contribution in [1.82, 2.24) is 0 Å². The minimum atomic E-state index is -3.44. The van der Waals surface area contributed by atoms with Gasteiger partial charge < -0.3 is 9.84 Å². The highest BCUT2D eigenvalue weighted by Gasteiger charge is 2.18. The van der Waals surface area contributed by atoms with Gasteiger partial charge in [-0.2, -0.15) is 0 Å². The average molecular weight is 341 g/mol. The van der Waals surface area contributed by atoms with Crippen LogP contribution in [0.4, 0.5) is 0 Å². The summed E-state index contributed by atoms with van der Waals surface area (Å²) in [5.74, 6) is 0.0799. The molecule has 1 N–H and O–H groups in total. The number of ether oxygens (including phenoxy) is 1. The van der Waals surface area contributed by atoms with E-state index in [9.17, 15) is 13.5 Å². The second-order valence-corrected chi connectivity index (χ2v) is 7.51. The summed E-state index contributed by atoms with van der Waals surface area (Å²) in [5, 5.41) is 10.3. The van der Waals surface area contributed by atoms with Gasteiger partial charge in [0.15, 0.2) is 9.84 Å². The van der Waals surface area contributed by atoms with Crippen molar-refractivity contribution in [2.24, 2.45) is 0 Å². The lowest BCUT2D eigenvalue weighted by Crippen LogP contribution is -2.27. The van der Waals surface area contributed by atoms with E-state index in [-0.39, 0.29) is 18.1 Å². The maximum Gasteiger partial charge on any atom is 0.157 e. The third kappa shape index (κ3) is 5.67. The highest BCUT2D eigenvalue weighted by atomic mass is 35.5. The molecule has 1 unspecified atom stereocenters. The van der Waals surface area contributed by atoms with Crippen molar-refractivity contribution in [3.63, 3.8) is 0 Å². The van der Waals surface area contributed by atoms with Crippen LogP contribution < -0.4 is 4.74 Å². The molecule has 118 valence electrons. The number of para-hydroxylation sites is 1. The van der Waals surface area contributed by atoms with Crippen LogP contribution >= 0.6 is 11.6 Å². The molecular formula is C16H17ClO4S. The van der Waals surface area contributed by atoms with E-state index in [0.29, 0.717) is 16.3 Å². The Kier molecular flexibility index (Phi) is 5.83. The molecule has 2 aromatic rings. The highest BCUT2D eigenvalue weighted by Crippen LogP contribution is 2.14. The van der Waals surface area contributed by atoms with Crippen LogP contribution in [0.25, 0.3) is 0 Å². The molecule has 0 aromatic heterocycles. The lowest BCUT2D eigenvalue weighted by Gasteiger charge is -2.13. The Bertz CT molecular complexity index is 701. The first-order chi connectivity index (χ1) is 10.4. The summed E-state index contributed by atoms with van der Waals surface area (Å²) in [7, 11) is -3.44. The maximum absolute atomic E-state index is 12.1. The van der Waals surface area contributed by atoms with Gasteiger partial charge in [-0.05, 0) is 29.8 Å². The fraction of sp³-hybridized carbons (Fsp3) is 0.250. The predicted molar refractivity (Wildman–Crippen MR) is 86.9 cm³/mol. The Balaban J connectivity index is 1.88. The van der Waals surface area contributed by atoms with Gasteiger partial charge in [0.05, 0.1) is 11.5 Å². The molecule has 0 saturated carbocycles. The number of aliphatic hydroxyl groups is 1. The Hall–Kier alpha value is -1.56. The molecule has 0 heterocycles. The molecule has 0 spiro atoms. The average Bonchev–Trinajstić information content (AvgIpc) is 2.45. The molecule has 0 aliphatic rings. The molecule has 0 aliphatic heterocycles. The summed E-state index contributed by atoms with van der Waals surface area (Å²) >= 11 is 5.83. The van der Waals surface area contributed by atoms with Crippen molar-refractivity contribution in [3.05, 3.63) is 65.2 Å². The van der Waals surface area contributed by atoms with Crippen LogP contribution in [0.2, 0.25) is 5.02 Å². The fourth-order valence-corrected chi connectivity index (χ4v) is 3.69. The number of sulfone groups is 1. The summed E-state index contributed by atoms with van der Waals surface area (Å²) in [6.45, 7) is -0.0706. The van der Waals surface area contributed by atoms with Crippen molar-refractivity contribution in [1.29, 1.82) is 0 Å². The Morgan fingerprint density at radius 2 is 1.82 bits per heavy atom. The minimum absolute atomic E-state index is 0.0706. The number of halogens is 1. The number of aliphatic hydroxyl groups excluding tert-OH is 1. The van der Waals surface area contributed by atoms with Crippen LogP contribution in [0.15, 0.2) is 54.6 Å². The zero-order valence-corrected chi connectivity index (χ0v) is 13.4. The summed E-state index contributed by atoms with van der Waals surface area (Å²) in [6, 6.07) is 15.6. The third-order valence-corrected chi connectivity index (χ3v) is 4.81. The number of hydrogen-bond donors (Lipinski definition) is 1. The SMILES string of the molecule is O=S(=O)(Cc1cccc(Cl)c1)CC(O)COc1ccccc1. The van der Waals surface area contributed by atoms with E-state index in [0.717, 1.165) is 0 Å². The van der Waals surface area contributed by atoms with E-state index in [1.165, 1.54) is 0 Å². The Morgan fingerprint density at radius 3 is 2.50 bits per heavy atom. The van der Waals surface area contributed by atoms with E-state index < -0.39 is 15.9 Å². The topological polar surface area (TPSA) is 63.6 Å². The molecule has 1 atom stereocenters. The molecule has 0 bridgehead atoms. The van der Waals surface area contributed by atoms with Gasteiger partial charge in [0, 0.05) is 5.02 Å². The van der Waals surface area contributed by atoms with Gasteiger partial charge >= 0.3 is 0 Å². The highest BCUT2D eigenvalue weighted by molar-refractivity contribution is 7.90. The number of benzene rings is 2. The Morgan fingerprint density at radius 1 is 1.09 bits per heavy atom. The monoisotopic (exact) mass is 340 g/mol. The molecule has 2 aromatic carbocycles. The van der Waals surface area contributed by atoms with E-state index in [4.69, 9.17) is 16.3 Å². The largest absolute Gasteiger partial charge is 0.491 e. The van der Waals surface area contributed by atoms with Gasteiger partial charge in [0.2, 0.25) is 0 Å². The van der Waals surface area contributed by atoms with Crippen LogP contribution in [0.5, 0.6) is 5.75 Å². The van der Waals surface area contributed by atoms with Crippen LogP contribution in [0.3, 0.4) is 0 Å². The quantitative estimate of drug-likeness (QED) is 0.841. The molecule has 22 heavy (non-hydrogen) atoms. The first-order valence-electron chi connectivity index (χ1n) is 6.75. The van der Waals surface area contributed by atoms with E-state index >= 15 is 0 Å². The van der Waals surface area contributed by atoms with Gasteiger partial charge in [0.1, 0.15) is 18.5 Å². The number of rotatable bonds is 7. The molecule has 0 amide bonds. The fourth-order valence-electron chi connectivity index (χ4n) is 1.99. The summed E-state index contributed by atoms with van der Waals surface area (Å²) in [4.78, 5) is 0. The molecular weight excluding hydrogens is 324 g/mol. The van der Waals surface area contributed by atoms with Gasteiger partial charge in [-0.1, -0.05) is 41.9 Å². The minimum Gasteiger partial charge on any atom is -0.491 e. The van der Waals surface area contributed by atoms with Crippen molar-refractivity contribution >= 4 is 21.4 Å². The first-order valence-corrected chi connectivity index (χ1v) is 8.95. The Labute approximate surface area is 135 Å². The third-order valence-electron chi connectivity index (χ3n) is 2.91. The summed E-state index contributed by atoms with van der Waals surface area (Å²) in [5.41, 5.74) is 0.601. The second kappa shape index (κ2) is 7.63. The maximum atomic E-state index is 12.1. The molecule has 0 aliphatic carbocycles. The smallest absolute Gasteiger partial charge is 0.157 e. The molecule has 4 nitrogen and oxygen atoms in total. The van der Waals surface area contributed by atoms with Crippen LogP contribution in [0, 0.1) is 0 Å². The molecule has 0 fully saturated rings. The van der Waals surface area contributed by atoms with Crippen molar-refractivity contribution in [2.45, 2.75) is 11.9 Å². The van der Waals surface area contributed by atoms with Gasteiger partial charge in [0.25, 0.3) is 0 Å². The van der Waals surface area contributed by atoms with E-state index in [2.05, 4.69) is 0 Å². The van der Waals surface area contributed by atoms with Crippen LogP contribution in [-0.4, -0.2) is 32.0 Å². The molecule has 0 radical (unpaired) electrons. The molecule has 0 saturated heterocycles. The van der Waals surface area contributed by atoms with Crippen molar-refractivity contribution in [2.75, 3.05) is 12.4 Å². The molecule has 2 rings (SSSR count). The predicted octanol–water partition coefficient (Wildman–Crippen LogP) is 2.69.